The monoisotopic (exact) mass is 869 g/mol. The quantitative estimate of drug-likeness (QED) is 0.106. The predicted octanol–water partition coefficient (Wildman–Crippen LogP) is 8.94. The number of hydrogen-bond acceptors (Lipinski definition) is 1. The third-order valence-electron chi connectivity index (χ3n) is 10.7. The smallest absolute Gasteiger partial charge is 1.00 e. The van der Waals surface area contributed by atoms with E-state index in [1.165, 1.54) is 0 Å². The molecule has 250 valence electrons. The van der Waals surface area contributed by atoms with Crippen molar-refractivity contribution < 1.29 is 35.8 Å². The van der Waals surface area contributed by atoms with Crippen LogP contribution in [0.3, 0.4) is 0 Å². The van der Waals surface area contributed by atoms with Gasteiger partial charge >= 0.3 is 31.1 Å². The molecule has 0 saturated carbocycles. The molecule has 0 aliphatic heterocycles. The first-order chi connectivity index (χ1) is 18.3. The van der Waals surface area contributed by atoms with E-state index in [4.69, 9.17) is 14.9 Å². The minimum absolute atomic E-state index is 0. The average Bonchev–Trinajstić information content (AvgIpc) is 2.79. The molecule has 0 saturated heterocycles. The number of rotatable bonds is 21. The van der Waals surface area contributed by atoms with Crippen molar-refractivity contribution in [2.75, 3.05) is 39.3 Å². The van der Waals surface area contributed by atoms with E-state index in [1.807, 2.05) is 0 Å². The SMILES string of the molecule is CC(C)[Si]([N-]CCN(CC[N-][Si](C(C)C)(C(C)C)C(C)C)CC[N-][Si](C(C)C)(C(C)C)C(C)C)(C(C)C)C(C)C.[F-].[U+4]. The van der Waals surface area contributed by atoms with Crippen LogP contribution in [0.1, 0.15) is 125 Å². The third-order valence-corrected chi connectivity index (χ3v) is 29.7. The molecule has 0 unspecified atom stereocenters. The fraction of sp³-hybridized carbons (Fsp3) is 1.00. The molecule has 0 N–H and O–H groups in total. The summed E-state index contributed by atoms with van der Waals surface area (Å²) < 4.78 is 0. The van der Waals surface area contributed by atoms with Crippen molar-refractivity contribution in [3.8, 4) is 0 Å². The Labute approximate surface area is 292 Å². The minimum atomic E-state index is -1.74. The Morgan fingerprint density at radius 1 is 0.357 bits per heavy atom. The first-order valence-electron chi connectivity index (χ1n) is 17.1. The van der Waals surface area contributed by atoms with E-state index in [-0.39, 0.29) is 35.8 Å². The Morgan fingerprint density at radius 2 is 0.500 bits per heavy atom. The van der Waals surface area contributed by atoms with Crippen LogP contribution in [0.15, 0.2) is 0 Å². The van der Waals surface area contributed by atoms with Crippen LogP contribution in [0.2, 0.25) is 49.9 Å². The summed E-state index contributed by atoms with van der Waals surface area (Å²) in [6.45, 7) is 49.7. The van der Waals surface area contributed by atoms with Crippen molar-refractivity contribution in [3.05, 3.63) is 14.9 Å². The van der Waals surface area contributed by atoms with E-state index in [0.29, 0.717) is 49.9 Å². The van der Waals surface area contributed by atoms with Gasteiger partial charge in [0.05, 0.1) is 0 Å². The van der Waals surface area contributed by atoms with Crippen LogP contribution < -0.4 is 4.70 Å². The molecule has 4 nitrogen and oxygen atoms in total. The molecular weight excluding hydrogens is 794 g/mol. The second-order valence-corrected chi connectivity index (χ2v) is 32.2. The molecule has 0 aliphatic carbocycles. The van der Waals surface area contributed by atoms with Crippen molar-refractivity contribution in [2.45, 2.75) is 174 Å². The van der Waals surface area contributed by atoms with Gasteiger partial charge in [-0.15, -0.1) is 19.6 Å². The zero-order chi connectivity index (χ0) is 31.6. The van der Waals surface area contributed by atoms with Crippen molar-refractivity contribution in [1.29, 1.82) is 0 Å². The molecule has 9 heteroatoms. The van der Waals surface area contributed by atoms with Crippen LogP contribution in [-0.4, -0.2) is 68.9 Å². The molecule has 0 fully saturated rings. The minimum Gasteiger partial charge on any atom is -1.00 e. The summed E-state index contributed by atoms with van der Waals surface area (Å²) in [6, 6.07) is 0. The Bertz CT molecular complexity index is 533. The summed E-state index contributed by atoms with van der Waals surface area (Å²) >= 11 is 0. The Kier molecular flexibility index (Phi) is 24.4. The molecule has 0 spiro atoms. The van der Waals surface area contributed by atoms with Crippen LogP contribution in [-0.2, 0) is 0 Å². The summed E-state index contributed by atoms with van der Waals surface area (Å²) in [5, 5.41) is 0. The average molecular weight is 869 g/mol. The van der Waals surface area contributed by atoms with Gasteiger partial charge in [-0.05, 0) is 44.3 Å². The van der Waals surface area contributed by atoms with E-state index in [2.05, 4.69) is 130 Å². The topological polar surface area (TPSA) is 45.5 Å². The van der Waals surface area contributed by atoms with Crippen LogP contribution in [0.25, 0.3) is 14.9 Å². The largest absolute Gasteiger partial charge is 4.00 e. The molecule has 0 aromatic rings. The molecule has 0 amide bonds. The molecule has 0 radical (unpaired) electrons. The second-order valence-electron chi connectivity index (χ2n) is 15.5. The summed E-state index contributed by atoms with van der Waals surface area (Å²) in [5.41, 5.74) is 6.09. The second kappa shape index (κ2) is 21.4. The van der Waals surface area contributed by atoms with Gasteiger partial charge in [-0.25, -0.2) is 0 Å². The van der Waals surface area contributed by atoms with Crippen molar-refractivity contribution >= 4 is 24.7 Å². The van der Waals surface area contributed by atoms with Gasteiger partial charge in [0.25, 0.3) is 0 Å². The molecule has 0 aromatic carbocycles. The normalized spacial score (nSPS) is 13.7. The maximum absolute atomic E-state index is 5.63. The summed E-state index contributed by atoms with van der Waals surface area (Å²) in [7, 11) is -5.22. The van der Waals surface area contributed by atoms with Crippen LogP contribution in [0.4, 0.5) is 0 Å². The van der Waals surface area contributed by atoms with Gasteiger partial charge in [0.1, 0.15) is 0 Å². The van der Waals surface area contributed by atoms with E-state index < -0.39 is 24.7 Å². The summed E-state index contributed by atoms with van der Waals surface area (Å²) in [4.78, 5) is 19.6. The Balaban J connectivity index is -0.00000760. The summed E-state index contributed by atoms with van der Waals surface area (Å²) in [6.07, 6.45) is 0. The Hall–Kier alpha value is 1.47. The summed E-state index contributed by atoms with van der Waals surface area (Å²) in [5.74, 6) is 0. The third kappa shape index (κ3) is 11.6. The van der Waals surface area contributed by atoms with Crippen molar-refractivity contribution in [1.82, 2.24) is 4.90 Å². The molecule has 0 heterocycles. The number of nitrogens with zero attached hydrogens (tertiary/aromatic N) is 4. The maximum Gasteiger partial charge on any atom is 4.00 e. The number of hydrogen-bond donors (Lipinski definition) is 0. The van der Waals surface area contributed by atoms with Gasteiger partial charge in [-0.2, -0.15) is 0 Å². The first kappa shape index (κ1) is 47.9. The van der Waals surface area contributed by atoms with Gasteiger partial charge in [0, 0.05) is 0 Å². The van der Waals surface area contributed by atoms with Crippen LogP contribution in [0, 0.1) is 31.1 Å². The molecule has 0 aromatic heterocycles. The fourth-order valence-corrected chi connectivity index (χ4v) is 25.9. The van der Waals surface area contributed by atoms with Crippen LogP contribution in [0.5, 0.6) is 0 Å². The van der Waals surface area contributed by atoms with E-state index in [0.717, 1.165) is 39.3 Å². The molecule has 0 rings (SSSR count). The Morgan fingerprint density at radius 3 is 0.619 bits per heavy atom. The predicted molar refractivity (Wildman–Crippen MR) is 194 cm³/mol. The van der Waals surface area contributed by atoms with Gasteiger partial charge in [0.15, 0.2) is 0 Å². The van der Waals surface area contributed by atoms with Gasteiger partial charge in [-0.3, -0.25) is 0 Å². The molecule has 0 aliphatic rings. The van der Waals surface area contributed by atoms with Crippen molar-refractivity contribution in [2.24, 2.45) is 0 Å². The van der Waals surface area contributed by atoms with Gasteiger partial charge in [0.2, 0.25) is 0 Å². The molecule has 0 bridgehead atoms. The van der Waals surface area contributed by atoms with E-state index in [9.17, 15) is 0 Å². The van der Waals surface area contributed by atoms with Crippen LogP contribution >= 0.6 is 0 Å². The molecular formula is C33H75FN4Si3U. The van der Waals surface area contributed by atoms with Crippen molar-refractivity contribution in [3.63, 3.8) is 0 Å². The zero-order valence-corrected chi connectivity index (χ0v) is 38.8. The first-order valence-corrected chi connectivity index (χ1v) is 23.6. The van der Waals surface area contributed by atoms with E-state index in [1.54, 1.807) is 0 Å². The van der Waals surface area contributed by atoms with E-state index >= 15 is 0 Å². The standard InChI is InChI=1S/C33H75N4Si3.FH.U/c1-25(2)38(26(3)4,27(5)6)34-19-22-37(23-20-35-39(28(7)8,29(9)10)30(11)12)24-21-36-40(31(13)14,32(15)16)33(17)18;;/h25-33H,19-24H2,1-18H3;1H;/q-3;;+4/p-1. The molecule has 42 heavy (non-hydrogen) atoms. The zero-order valence-electron chi connectivity index (χ0n) is 31.6. The van der Waals surface area contributed by atoms with Gasteiger partial charge < -0.3 is 24.6 Å². The fourth-order valence-electron chi connectivity index (χ4n) is 9.13. The number of halogens is 1. The van der Waals surface area contributed by atoms with Gasteiger partial charge in [-0.1, -0.05) is 174 Å². The molecule has 0 atom stereocenters. The maximum atomic E-state index is 5.63.